The third-order valence-corrected chi connectivity index (χ3v) is 3.19. The molecule has 1 aromatic heterocycles. The molecule has 2 rings (SSSR count). The topological polar surface area (TPSA) is 135 Å². The number of nitrogens with one attached hydrogen (secondary N) is 2. The van der Waals surface area contributed by atoms with Gasteiger partial charge in [0.15, 0.2) is 0 Å². The first kappa shape index (κ1) is 18.9. The van der Waals surface area contributed by atoms with E-state index in [9.17, 15) is 14.4 Å². The summed E-state index contributed by atoms with van der Waals surface area (Å²) in [6, 6.07) is 6.75. The van der Waals surface area contributed by atoms with Crippen LogP contribution in [0.5, 0.6) is 5.75 Å². The summed E-state index contributed by atoms with van der Waals surface area (Å²) < 4.78 is 6.53. The summed E-state index contributed by atoms with van der Waals surface area (Å²) in [7, 11) is 0. The van der Waals surface area contributed by atoms with E-state index in [2.05, 4.69) is 20.9 Å². The Labute approximate surface area is 149 Å². The summed E-state index contributed by atoms with van der Waals surface area (Å²) in [4.78, 5) is 34.6. The van der Waals surface area contributed by atoms with Crippen LogP contribution in [0, 0.1) is 0 Å². The highest BCUT2D eigenvalue weighted by Crippen LogP contribution is 2.17. The van der Waals surface area contributed by atoms with Crippen molar-refractivity contribution in [1.82, 2.24) is 25.6 Å². The smallest absolute Gasteiger partial charge is 0.325 e. The Bertz CT molecular complexity index is 789. The van der Waals surface area contributed by atoms with Crippen molar-refractivity contribution in [2.75, 3.05) is 13.2 Å². The summed E-state index contributed by atoms with van der Waals surface area (Å²) in [6.45, 7) is 1.78. The van der Waals surface area contributed by atoms with E-state index in [-0.39, 0.29) is 19.6 Å². The molecule has 10 nitrogen and oxygen atoms in total. The molecule has 0 aliphatic heterocycles. The SMILES string of the molecule is CCOc1ccccc1C(=O)NCC(=O)NCc1cn(CC(=O)O)nn1. The molecule has 0 spiro atoms. The van der Waals surface area contributed by atoms with Gasteiger partial charge in [-0.1, -0.05) is 17.3 Å². The molecule has 2 amide bonds. The quantitative estimate of drug-likeness (QED) is 0.563. The maximum absolute atomic E-state index is 12.2. The number of hydrogen-bond donors (Lipinski definition) is 3. The van der Waals surface area contributed by atoms with Crippen molar-refractivity contribution in [1.29, 1.82) is 0 Å². The number of nitrogens with zero attached hydrogens (tertiary/aromatic N) is 3. The van der Waals surface area contributed by atoms with Gasteiger partial charge in [0.05, 0.1) is 31.5 Å². The van der Waals surface area contributed by atoms with Crippen molar-refractivity contribution in [3.63, 3.8) is 0 Å². The lowest BCUT2D eigenvalue weighted by molar-refractivity contribution is -0.138. The molecule has 10 heteroatoms. The molecule has 1 aromatic carbocycles. The number of amides is 2. The lowest BCUT2D eigenvalue weighted by atomic mass is 10.2. The highest BCUT2D eigenvalue weighted by atomic mass is 16.5. The average Bonchev–Trinajstić information content (AvgIpc) is 3.05. The van der Waals surface area contributed by atoms with Gasteiger partial charge in [0.1, 0.15) is 18.0 Å². The largest absolute Gasteiger partial charge is 0.493 e. The van der Waals surface area contributed by atoms with Crippen molar-refractivity contribution in [2.45, 2.75) is 20.0 Å². The number of hydrogen-bond acceptors (Lipinski definition) is 6. The summed E-state index contributed by atoms with van der Waals surface area (Å²) in [5, 5.41) is 21.1. The van der Waals surface area contributed by atoms with Crippen LogP contribution in [-0.4, -0.2) is 51.0 Å². The minimum absolute atomic E-state index is 0.0733. The van der Waals surface area contributed by atoms with Crippen molar-refractivity contribution in [3.05, 3.63) is 41.7 Å². The molecule has 0 unspecified atom stereocenters. The Morgan fingerprint density at radius 3 is 2.73 bits per heavy atom. The van der Waals surface area contributed by atoms with Crippen LogP contribution in [0.2, 0.25) is 0 Å². The van der Waals surface area contributed by atoms with Gasteiger partial charge in [0.25, 0.3) is 5.91 Å². The highest BCUT2D eigenvalue weighted by Gasteiger charge is 2.13. The number of aliphatic carboxylic acids is 1. The molecule has 2 aromatic rings. The van der Waals surface area contributed by atoms with Gasteiger partial charge >= 0.3 is 5.97 Å². The van der Waals surface area contributed by atoms with E-state index >= 15 is 0 Å². The summed E-state index contributed by atoms with van der Waals surface area (Å²) in [6.07, 6.45) is 1.42. The first-order chi connectivity index (χ1) is 12.5. The van der Waals surface area contributed by atoms with Crippen LogP contribution in [0.4, 0.5) is 0 Å². The Morgan fingerprint density at radius 1 is 1.23 bits per heavy atom. The number of benzene rings is 1. The molecular formula is C16H19N5O5. The second-order valence-electron chi connectivity index (χ2n) is 5.19. The Hall–Kier alpha value is -3.43. The molecule has 0 radical (unpaired) electrons. The normalized spacial score (nSPS) is 10.2. The van der Waals surface area contributed by atoms with Gasteiger partial charge in [0.2, 0.25) is 5.91 Å². The number of para-hydroxylation sites is 1. The molecule has 0 aliphatic rings. The zero-order valence-electron chi connectivity index (χ0n) is 14.1. The first-order valence-corrected chi connectivity index (χ1v) is 7.87. The molecule has 0 saturated heterocycles. The zero-order valence-corrected chi connectivity index (χ0v) is 14.1. The minimum atomic E-state index is -1.04. The molecule has 1 heterocycles. The van der Waals surface area contributed by atoms with Crippen molar-refractivity contribution in [2.24, 2.45) is 0 Å². The van der Waals surface area contributed by atoms with Gasteiger partial charge in [-0.15, -0.1) is 5.10 Å². The van der Waals surface area contributed by atoms with Crippen LogP contribution < -0.4 is 15.4 Å². The summed E-state index contributed by atoms with van der Waals surface area (Å²) in [5.74, 6) is -1.43. The van der Waals surface area contributed by atoms with Gasteiger partial charge in [-0.05, 0) is 19.1 Å². The van der Waals surface area contributed by atoms with Gasteiger partial charge < -0.3 is 20.5 Å². The maximum Gasteiger partial charge on any atom is 0.325 e. The van der Waals surface area contributed by atoms with Gasteiger partial charge in [-0.2, -0.15) is 0 Å². The third kappa shape index (κ3) is 5.58. The number of carbonyl (C=O) groups excluding carboxylic acids is 2. The molecular weight excluding hydrogens is 342 g/mol. The third-order valence-electron chi connectivity index (χ3n) is 3.19. The van der Waals surface area contributed by atoms with E-state index in [0.29, 0.717) is 23.6 Å². The van der Waals surface area contributed by atoms with E-state index in [1.165, 1.54) is 6.20 Å². The summed E-state index contributed by atoms with van der Waals surface area (Å²) in [5.41, 5.74) is 0.756. The van der Waals surface area contributed by atoms with E-state index < -0.39 is 17.8 Å². The number of carboxylic acid groups (broad SMARTS) is 1. The molecule has 0 saturated carbocycles. The number of rotatable bonds is 9. The zero-order chi connectivity index (χ0) is 18.9. The van der Waals surface area contributed by atoms with Crippen LogP contribution in [0.15, 0.2) is 30.5 Å². The van der Waals surface area contributed by atoms with Gasteiger partial charge in [0, 0.05) is 0 Å². The van der Waals surface area contributed by atoms with E-state index in [4.69, 9.17) is 9.84 Å². The first-order valence-electron chi connectivity index (χ1n) is 7.87. The number of aromatic nitrogens is 3. The fraction of sp³-hybridized carbons (Fsp3) is 0.312. The van der Waals surface area contributed by atoms with Gasteiger partial charge in [-0.25, -0.2) is 4.68 Å². The van der Waals surface area contributed by atoms with Crippen LogP contribution in [-0.2, 0) is 22.7 Å². The monoisotopic (exact) mass is 361 g/mol. The summed E-state index contributed by atoms with van der Waals surface area (Å²) >= 11 is 0. The molecule has 0 bridgehead atoms. The van der Waals surface area contributed by atoms with Crippen molar-refractivity contribution in [3.8, 4) is 5.75 Å². The molecule has 0 atom stereocenters. The molecule has 0 aliphatic carbocycles. The van der Waals surface area contributed by atoms with Crippen LogP contribution in [0.25, 0.3) is 0 Å². The van der Waals surface area contributed by atoms with Crippen molar-refractivity contribution >= 4 is 17.8 Å². The Kier molecular flexibility index (Phi) is 6.66. The average molecular weight is 361 g/mol. The van der Waals surface area contributed by atoms with Crippen LogP contribution in [0.1, 0.15) is 23.0 Å². The standard InChI is InChI=1S/C16H19N5O5/c1-2-26-13-6-4-3-5-12(13)16(25)18-8-14(22)17-7-11-9-21(20-19-11)10-15(23)24/h3-6,9H,2,7-8,10H2,1H3,(H,17,22)(H,18,25)(H,23,24). The van der Waals surface area contributed by atoms with E-state index in [1.54, 1.807) is 24.3 Å². The maximum atomic E-state index is 12.2. The van der Waals surface area contributed by atoms with Crippen molar-refractivity contribution < 1.29 is 24.2 Å². The highest BCUT2D eigenvalue weighted by molar-refractivity contribution is 5.98. The number of carbonyl (C=O) groups is 3. The van der Waals surface area contributed by atoms with Crippen LogP contribution in [0.3, 0.4) is 0 Å². The molecule has 3 N–H and O–H groups in total. The predicted octanol–water partition coefficient (Wildman–Crippen LogP) is -0.192. The minimum Gasteiger partial charge on any atom is -0.493 e. The molecule has 138 valence electrons. The van der Waals surface area contributed by atoms with Crippen LogP contribution >= 0.6 is 0 Å². The fourth-order valence-corrected chi connectivity index (χ4v) is 2.08. The van der Waals surface area contributed by atoms with E-state index in [0.717, 1.165) is 4.68 Å². The molecule has 26 heavy (non-hydrogen) atoms. The number of ether oxygens (including phenoxy) is 1. The second-order valence-corrected chi connectivity index (χ2v) is 5.19. The molecule has 0 fully saturated rings. The Morgan fingerprint density at radius 2 is 2.00 bits per heavy atom. The number of carboxylic acids is 1. The fourth-order valence-electron chi connectivity index (χ4n) is 2.08. The van der Waals surface area contributed by atoms with Gasteiger partial charge in [-0.3, -0.25) is 14.4 Å². The predicted molar refractivity (Wildman–Crippen MR) is 89.4 cm³/mol. The second kappa shape index (κ2) is 9.16. The Balaban J connectivity index is 1.80. The lowest BCUT2D eigenvalue weighted by Crippen LogP contribution is -2.36. The van der Waals surface area contributed by atoms with E-state index in [1.807, 2.05) is 6.92 Å². The lowest BCUT2D eigenvalue weighted by Gasteiger charge is -2.10.